The van der Waals surface area contributed by atoms with Crippen LogP contribution in [-0.2, 0) is 4.79 Å². The average molecular weight is 321 g/mol. The molecule has 1 fully saturated rings. The Kier molecular flexibility index (Phi) is 5.51. The highest BCUT2D eigenvalue weighted by molar-refractivity contribution is 5.96. The molecule has 1 aliphatic carbocycles. The Hall–Kier alpha value is -2.64. The van der Waals surface area contributed by atoms with E-state index in [1.54, 1.807) is 0 Å². The number of rotatable bonds is 5. The zero-order chi connectivity index (χ0) is 16.8. The molecule has 0 aromatic heterocycles. The number of urea groups is 1. The van der Waals surface area contributed by atoms with E-state index in [0.717, 1.165) is 25.7 Å². The zero-order valence-electron chi connectivity index (χ0n) is 12.8. The second-order valence-corrected chi connectivity index (χ2v) is 5.46. The molecule has 1 aromatic carbocycles. The Balaban J connectivity index is 1.85. The van der Waals surface area contributed by atoms with Gasteiger partial charge in [0.05, 0.1) is 11.0 Å². The van der Waals surface area contributed by atoms with Crippen molar-refractivity contribution in [3.8, 4) is 5.75 Å². The second-order valence-electron chi connectivity index (χ2n) is 5.46. The van der Waals surface area contributed by atoms with Crippen molar-refractivity contribution in [1.29, 1.82) is 0 Å². The second kappa shape index (κ2) is 7.57. The van der Waals surface area contributed by atoms with E-state index in [1.807, 2.05) is 0 Å². The van der Waals surface area contributed by atoms with Crippen LogP contribution in [0, 0.1) is 10.1 Å². The third-order valence-corrected chi connectivity index (χ3v) is 3.64. The van der Waals surface area contributed by atoms with Crippen LogP contribution < -0.4 is 15.4 Å². The number of nitro groups is 1. The highest BCUT2D eigenvalue weighted by Gasteiger charge is 2.21. The number of nitrogens with one attached hydrogen (secondary N) is 2. The van der Waals surface area contributed by atoms with E-state index in [9.17, 15) is 19.7 Å². The average Bonchev–Trinajstić information content (AvgIpc) is 3.00. The molecule has 0 saturated heterocycles. The highest BCUT2D eigenvalue weighted by Crippen LogP contribution is 2.20. The van der Waals surface area contributed by atoms with Crippen molar-refractivity contribution in [2.45, 2.75) is 44.8 Å². The fraction of sp³-hybridized carbons (Fsp3) is 0.467. The predicted molar refractivity (Wildman–Crippen MR) is 82.1 cm³/mol. The molecular formula is C15H19N3O5. The number of carbonyl (C=O) groups is 2. The van der Waals surface area contributed by atoms with Gasteiger partial charge in [0.2, 0.25) is 0 Å². The van der Waals surface area contributed by atoms with Crippen LogP contribution in [0.15, 0.2) is 24.3 Å². The van der Waals surface area contributed by atoms with Crippen molar-refractivity contribution in [2.24, 2.45) is 0 Å². The Labute approximate surface area is 133 Å². The minimum absolute atomic E-state index is 0.107. The first kappa shape index (κ1) is 16.7. The summed E-state index contributed by atoms with van der Waals surface area (Å²) in [7, 11) is 0. The summed E-state index contributed by atoms with van der Waals surface area (Å²) in [6, 6.07) is 5.09. The fourth-order valence-electron chi connectivity index (χ4n) is 2.43. The molecule has 124 valence electrons. The van der Waals surface area contributed by atoms with Crippen LogP contribution in [0.5, 0.6) is 5.75 Å². The van der Waals surface area contributed by atoms with Gasteiger partial charge in [0.1, 0.15) is 5.75 Å². The monoisotopic (exact) mass is 321 g/mol. The van der Waals surface area contributed by atoms with Gasteiger partial charge in [-0.1, -0.05) is 18.9 Å². The lowest BCUT2D eigenvalue weighted by Crippen LogP contribution is -2.47. The van der Waals surface area contributed by atoms with Gasteiger partial charge < -0.3 is 10.1 Å². The van der Waals surface area contributed by atoms with E-state index >= 15 is 0 Å². The molecular weight excluding hydrogens is 302 g/mol. The first-order chi connectivity index (χ1) is 11.0. The van der Waals surface area contributed by atoms with Gasteiger partial charge in [-0.2, -0.15) is 0 Å². The Morgan fingerprint density at radius 1 is 1.35 bits per heavy atom. The van der Waals surface area contributed by atoms with Crippen molar-refractivity contribution in [1.82, 2.24) is 10.6 Å². The molecule has 0 spiro atoms. The van der Waals surface area contributed by atoms with Crippen LogP contribution >= 0.6 is 0 Å². The molecule has 8 heteroatoms. The van der Waals surface area contributed by atoms with Crippen LogP contribution in [0.2, 0.25) is 0 Å². The Bertz CT molecular complexity index is 599. The summed E-state index contributed by atoms with van der Waals surface area (Å²) >= 11 is 0. The quantitative estimate of drug-likeness (QED) is 0.637. The predicted octanol–water partition coefficient (Wildman–Crippen LogP) is 2.13. The molecule has 1 atom stereocenters. The maximum Gasteiger partial charge on any atom is 0.321 e. The molecule has 23 heavy (non-hydrogen) atoms. The first-order valence-electron chi connectivity index (χ1n) is 7.48. The number of nitrogens with zero attached hydrogens (tertiary/aromatic N) is 1. The molecule has 1 aliphatic rings. The van der Waals surface area contributed by atoms with Gasteiger partial charge in [-0.25, -0.2) is 4.79 Å². The van der Waals surface area contributed by atoms with E-state index < -0.39 is 23.0 Å². The van der Waals surface area contributed by atoms with Gasteiger partial charge in [-0.05, 0) is 25.8 Å². The lowest BCUT2D eigenvalue weighted by Gasteiger charge is -2.16. The SMILES string of the molecule is C[C@@H](Oc1cccc([N+](=O)[O-])c1)C(=O)NC(=O)NC1CCCC1. The van der Waals surface area contributed by atoms with E-state index in [4.69, 9.17) is 4.74 Å². The topological polar surface area (TPSA) is 111 Å². The number of hydrogen-bond donors (Lipinski definition) is 2. The number of amides is 3. The molecule has 3 amide bonds. The largest absolute Gasteiger partial charge is 0.481 e. The fourth-order valence-corrected chi connectivity index (χ4v) is 2.43. The van der Waals surface area contributed by atoms with E-state index in [2.05, 4.69) is 10.6 Å². The molecule has 0 radical (unpaired) electrons. The molecule has 0 aliphatic heterocycles. The minimum atomic E-state index is -0.952. The van der Waals surface area contributed by atoms with Gasteiger partial charge in [-0.15, -0.1) is 0 Å². The molecule has 1 aromatic rings. The van der Waals surface area contributed by atoms with E-state index in [0.29, 0.717) is 0 Å². The van der Waals surface area contributed by atoms with Crippen LogP contribution in [0.3, 0.4) is 0 Å². The standard InChI is InChI=1S/C15H19N3O5/c1-10(23-13-8-4-7-12(9-13)18(21)22)14(19)17-15(20)16-11-5-2-3-6-11/h4,7-11H,2-3,5-6H2,1H3,(H2,16,17,19,20)/t10-/m1/s1. The summed E-state index contributed by atoms with van der Waals surface area (Å²) in [5.41, 5.74) is -0.130. The van der Waals surface area contributed by atoms with Crippen LogP contribution in [0.4, 0.5) is 10.5 Å². The van der Waals surface area contributed by atoms with Crippen molar-refractivity contribution in [3.05, 3.63) is 34.4 Å². The summed E-state index contributed by atoms with van der Waals surface area (Å²) in [6.45, 7) is 1.47. The zero-order valence-corrected chi connectivity index (χ0v) is 12.8. The lowest BCUT2D eigenvalue weighted by molar-refractivity contribution is -0.384. The number of ether oxygens (including phenoxy) is 1. The van der Waals surface area contributed by atoms with E-state index in [-0.39, 0.29) is 17.5 Å². The summed E-state index contributed by atoms with van der Waals surface area (Å²) in [5.74, 6) is -0.412. The summed E-state index contributed by atoms with van der Waals surface area (Å²) in [5, 5.41) is 15.7. The van der Waals surface area contributed by atoms with Crippen LogP contribution in [-0.4, -0.2) is 29.0 Å². The number of nitro benzene ring substituents is 1. The van der Waals surface area contributed by atoms with E-state index in [1.165, 1.54) is 31.2 Å². The van der Waals surface area contributed by atoms with Gasteiger partial charge in [0.25, 0.3) is 11.6 Å². The van der Waals surface area contributed by atoms with Gasteiger partial charge in [0.15, 0.2) is 6.10 Å². The van der Waals surface area contributed by atoms with Gasteiger partial charge in [-0.3, -0.25) is 20.2 Å². The number of benzene rings is 1. The smallest absolute Gasteiger partial charge is 0.321 e. The van der Waals surface area contributed by atoms with Gasteiger partial charge in [0, 0.05) is 12.1 Å². The van der Waals surface area contributed by atoms with Crippen molar-refractivity contribution in [3.63, 3.8) is 0 Å². The molecule has 8 nitrogen and oxygen atoms in total. The maximum absolute atomic E-state index is 11.9. The number of hydrogen-bond acceptors (Lipinski definition) is 5. The minimum Gasteiger partial charge on any atom is -0.481 e. The summed E-state index contributed by atoms with van der Waals surface area (Å²) < 4.78 is 5.34. The maximum atomic E-state index is 11.9. The highest BCUT2D eigenvalue weighted by atomic mass is 16.6. The van der Waals surface area contributed by atoms with Crippen molar-refractivity contribution >= 4 is 17.6 Å². The lowest BCUT2D eigenvalue weighted by atomic mass is 10.2. The van der Waals surface area contributed by atoms with Crippen molar-refractivity contribution < 1.29 is 19.2 Å². The number of imide groups is 1. The Morgan fingerprint density at radius 2 is 2.04 bits per heavy atom. The number of carbonyl (C=O) groups excluding carboxylic acids is 2. The third-order valence-electron chi connectivity index (χ3n) is 3.64. The molecule has 0 bridgehead atoms. The first-order valence-corrected chi connectivity index (χ1v) is 7.48. The van der Waals surface area contributed by atoms with Crippen LogP contribution in [0.25, 0.3) is 0 Å². The van der Waals surface area contributed by atoms with Crippen molar-refractivity contribution in [2.75, 3.05) is 0 Å². The molecule has 0 heterocycles. The molecule has 2 N–H and O–H groups in total. The molecule has 1 saturated carbocycles. The Morgan fingerprint density at radius 3 is 2.70 bits per heavy atom. The van der Waals surface area contributed by atoms with Crippen LogP contribution in [0.1, 0.15) is 32.6 Å². The third kappa shape index (κ3) is 4.94. The molecule has 0 unspecified atom stereocenters. The molecule has 2 rings (SSSR count). The normalized spacial score (nSPS) is 15.7. The number of non-ortho nitro benzene ring substituents is 1. The summed E-state index contributed by atoms with van der Waals surface area (Å²) in [4.78, 5) is 33.8. The van der Waals surface area contributed by atoms with Gasteiger partial charge >= 0.3 is 6.03 Å². The summed E-state index contributed by atoms with van der Waals surface area (Å²) in [6.07, 6.45) is 3.03.